The van der Waals surface area contributed by atoms with Gasteiger partial charge in [0.05, 0.1) is 0 Å². The molecule has 0 radical (unpaired) electrons. The summed E-state index contributed by atoms with van der Waals surface area (Å²) in [4.78, 5) is 0. The van der Waals surface area contributed by atoms with Crippen LogP contribution in [-0.4, -0.2) is 23.2 Å². The van der Waals surface area contributed by atoms with E-state index in [1.54, 1.807) is 11.3 Å². The van der Waals surface area contributed by atoms with E-state index in [2.05, 4.69) is 0 Å². The molecule has 0 unspecified atom stereocenters. The Morgan fingerprint density at radius 3 is 1.83 bits per heavy atom. The summed E-state index contributed by atoms with van der Waals surface area (Å²) in [5.41, 5.74) is 0. The van der Waals surface area contributed by atoms with E-state index < -0.39 is 10.0 Å². The minimum Gasteiger partial charge on any atom is -0.399 e. The molecule has 1 rings (SSSR count). The second-order valence-electron chi connectivity index (χ2n) is 1.90. The van der Waals surface area contributed by atoms with Crippen molar-refractivity contribution in [1.29, 1.82) is 0 Å². The Bertz CT molecular complexity index is 124. The molecule has 0 aliphatic heterocycles. The first-order valence-corrected chi connectivity index (χ1v) is 6.14. The average Bonchev–Trinajstić information content (AvgIpc) is 2.62. The Labute approximate surface area is 80.6 Å². The zero-order valence-corrected chi connectivity index (χ0v) is 9.89. The largest absolute Gasteiger partial charge is 0.399 e. The maximum atomic E-state index is 4.99. The fourth-order valence-electron chi connectivity index (χ4n) is 0.452. The summed E-state index contributed by atoms with van der Waals surface area (Å²) in [5.74, 6) is 0. The molecule has 1 heterocycles. The zero-order chi connectivity index (χ0) is 9.07. The van der Waals surface area contributed by atoms with Gasteiger partial charge < -0.3 is 8.85 Å². The third-order valence-electron chi connectivity index (χ3n) is 1.00. The molecule has 1 aromatic rings. The minimum absolute atomic E-state index is 0.589. The van der Waals surface area contributed by atoms with Gasteiger partial charge in [-0.3, -0.25) is 0 Å². The lowest BCUT2D eigenvalue weighted by Crippen LogP contribution is -2.02. The molecule has 0 bridgehead atoms. The minimum atomic E-state index is -0.589. The Balaban J connectivity index is 0.000000211. The van der Waals surface area contributed by atoms with E-state index in [4.69, 9.17) is 8.85 Å². The van der Waals surface area contributed by atoms with Crippen molar-refractivity contribution in [2.75, 3.05) is 13.2 Å². The molecule has 70 valence electrons. The third-order valence-corrected chi connectivity index (χ3v) is 2.78. The van der Waals surface area contributed by atoms with E-state index in [0.717, 1.165) is 13.2 Å². The fraction of sp³-hybridized carbons (Fsp3) is 0.500. The number of rotatable bonds is 4. The summed E-state index contributed by atoms with van der Waals surface area (Å²) in [6, 6.07) is 4.04. The van der Waals surface area contributed by atoms with Crippen molar-refractivity contribution in [2.45, 2.75) is 13.8 Å². The summed E-state index contributed by atoms with van der Waals surface area (Å²) in [5, 5.41) is 4.08. The van der Waals surface area contributed by atoms with Crippen LogP contribution in [0.4, 0.5) is 0 Å². The van der Waals surface area contributed by atoms with E-state index >= 15 is 0 Å². The van der Waals surface area contributed by atoms with Crippen molar-refractivity contribution in [3.63, 3.8) is 0 Å². The van der Waals surface area contributed by atoms with Crippen LogP contribution in [0.2, 0.25) is 0 Å². The average molecular weight is 204 g/mol. The Kier molecular flexibility index (Phi) is 10.7. The Morgan fingerprint density at radius 2 is 1.58 bits per heavy atom. The lowest BCUT2D eigenvalue weighted by molar-refractivity contribution is 0.240. The third kappa shape index (κ3) is 9.84. The van der Waals surface area contributed by atoms with E-state index in [1.165, 1.54) is 0 Å². The van der Waals surface area contributed by atoms with Crippen LogP contribution in [0.15, 0.2) is 22.9 Å². The van der Waals surface area contributed by atoms with Crippen LogP contribution in [0.5, 0.6) is 0 Å². The molecule has 4 heteroatoms. The second-order valence-corrected chi connectivity index (χ2v) is 3.77. The first kappa shape index (κ1) is 11.8. The summed E-state index contributed by atoms with van der Waals surface area (Å²) in [7, 11) is -0.589. The highest BCUT2D eigenvalue weighted by atomic mass is 32.1. The molecule has 0 fully saturated rings. The molecule has 0 aromatic carbocycles. The van der Waals surface area contributed by atoms with Gasteiger partial charge in [0.25, 0.3) is 0 Å². The normalized spacial score (nSPS) is 8.83. The number of thiophene rings is 1. The van der Waals surface area contributed by atoms with Gasteiger partial charge in [0.1, 0.15) is 0 Å². The fourth-order valence-corrected chi connectivity index (χ4v) is 1.36. The van der Waals surface area contributed by atoms with Crippen LogP contribution in [0.25, 0.3) is 0 Å². The molecule has 0 aliphatic carbocycles. The maximum absolute atomic E-state index is 4.99. The molecular formula is C8H16O2SSi. The van der Waals surface area contributed by atoms with Crippen LogP contribution in [-0.2, 0) is 8.85 Å². The van der Waals surface area contributed by atoms with Gasteiger partial charge in [-0.05, 0) is 24.6 Å². The van der Waals surface area contributed by atoms with Gasteiger partial charge in [-0.1, -0.05) is 12.1 Å². The molecule has 0 N–H and O–H groups in total. The first-order valence-electron chi connectivity index (χ1n) is 4.04. The molecular weight excluding hydrogens is 188 g/mol. The monoisotopic (exact) mass is 204 g/mol. The van der Waals surface area contributed by atoms with E-state index in [9.17, 15) is 0 Å². The van der Waals surface area contributed by atoms with Gasteiger partial charge in [-0.15, -0.1) is 0 Å². The Morgan fingerprint density at radius 1 is 1.08 bits per heavy atom. The van der Waals surface area contributed by atoms with Crippen LogP contribution in [0, 0.1) is 0 Å². The van der Waals surface area contributed by atoms with Crippen LogP contribution >= 0.6 is 11.3 Å². The van der Waals surface area contributed by atoms with Crippen molar-refractivity contribution in [2.24, 2.45) is 0 Å². The van der Waals surface area contributed by atoms with Crippen molar-refractivity contribution in [3.8, 4) is 0 Å². The van der Waals surface area contributed by atoms with Crippen LogP contribution < -0.4 is 0 Å². The molecule has 0 saturated heterocycles. The van der Waals surface area contributed by atoms with Gasteiger partial charge in [0.2, 0.25) is 0 Å². The molecule has 12 heavy (non-hydrogen) atoms. The quantitative estimate of drug-likeness (QED) is 0.550. The van der Waals surface area contributed by atoms with E-state index in [-0.39, 0.29) is 0 Å². The summed E-state index contributed by atoms with van der Waals surface area (Å²) in [6.07, 6.45) is 0. The standard InChI is InChI=1S/C4H12O2Si.C4H4S/c1-3-5-7-6-4-2;1-2-4-5-3-1/h3-4,7H2,1-2H3;1-4H. The molecule has 0 amide bonds. The summed E-state index contributed by atoms with van der Waals surface area (Å²) < 4.78 is 9.98. The van der Waals surface area contributed by atoms with Gasteiger partial charge >= 0.3 is 10.0 Å². The molecule has 0 saturated carbocycles. The van der Waals surface area contributed by atoms with Crippen molar-refractivity contribution in [3.05, 3.63) is 22.9 Å². The van der Waals surface area contributed by atoms with E-state index in [0.29, 0.717) is 0 Å². The number of hydrogen-bond donors (Lipinski definition) is 0. The first-order chi connectivity index (χ1) is 5.91. The van der Waals surface area contributed by atoms with Gasteiger partial charge in [-0.2, -0.15) is 11.3 Å². The summed E-state index contributed by atoms with van der Waals surface area (Å²) >= 11 is 1.71. The Hall–Kier alpha value is -0.163. The predicted molar refractivity (Wildman–Crippen MR) is 56.1 cm³/mol. The van der Waals surface area contributed by atoms with Crippen molar-refractivity contribution >= 4 is 21.3 Å². The number of hydrogen-bond acceptors (Lipinski definition) is 3. The SMILES string of the molecule is CCO[SiH2]OCC.c1ccsc1. The molecule has 0 atom stereocenters. The lowest BCUT2D eigenvalue weighted by Gasteiger charge is -1.96. The van der Waals surface area contributed by atoms with Gasteiger partial charge in [0.15, 0.2) is 0 Å². The van der Waals surface area contributed by atoms with Gasteiger partial charge in [0, 0.05) is 13.2 Å². The van der Waals surface area contributed by atoms with Crippen LogP contribution in [0.1, 0.15) is 13.8 Å². The molecule has 2 nitrogen and oxygen atoms in total. The van der Waals surface area contributed by atoms with Gasteiger partial charge in [-0.25, -0.2) is 0 Å². The highest BCUT2D eigenvalue weighted by Gasteiger charge is 1.79. The van der Waals surface area contributed by atoms with Crippen molar-refractivity contribution in [1.82, 2.24) is 0 Å². The van der Waals surface area contributed by atoms with Crippen LogP contribution in [0.3, 0.4) is 0 Å². The molecule has 1 aromatic heterocycles. The van der Waals surface area contributed by atoms with Crippen molar-refractivity contribution < 1.29 is 8.85 Å². The topological polar surface area (TPSA) is 18.5 Å². The maximum Gasteiger partial charge on any atom is 0.304 e. The smallest absolute Gasteiger partial charge is 0.304 e. The zero-order valence-electron chi connectivity index (χ0n) is 7.66. The summed E-state index contributed by atoms with van der Waals surface area (Å²) in [6.45, 7) is 5.55. The second kappa shape index (κ2) is 10.8. The molecule has 0 spiro atoms. The van der Waals surface area contributed by atoms with E-state index in [1.807, 2.05) is 36.7 Å². The predicted octanol–water partition coefficient (Wildman–Crippen LogP) is 1.81. The molecule has 0 aliphatic rings. The lowest BCUT2D eigenvalue weighted by atomic mass is 10.7. The highest BCUT2D eigenvalue weighted by molar-refractivity contribution is 7.07. The highest BCUT2D eigenvalue weighted by Crippen LogP contribution is 1.91.